The molecular formula is C16H10ClNO3. The number of aromatic nitrogens is 1. The zero-order valence-electron chi connectivity index (χ0n) is 10.7. The van der Waals surface area contributed by atoms with Crippen LogP contribution in [0.5, 0.6) is 5.75 Å². The third-order valence-corrected chi connectivity index (χ3v) is 3.38. The smallest absolute Gasteiger partial charge is 0.336 e. The maximum Gasteiger partial charge on any atom is 0.336 e. The number of hydrogen-bond donors (Lipinski definition) is 2. The number of aromatic hydroxyl groups is 1. The predicted molar refractivity (Wildman–Crippen MR) is 80.8 cm³/mol. The van der Waals surface area contributed by atoms with Gasteiger partial charge in [0.2, 0.25) is 0 Å². The Hall–Kier alpha value is -2.59. The second-order valence-electron chi connectivity index (χ2n) is 4.57. The number of rotatable bonds is 2. The normalized spacial score (nSPS) is 10.7. The fourth-order valence-corrected chi connectivity index (χ4v) is 2.36. The molecule has 0 saturated heterocycles. The van der Waals surface area contributed by atoms with Crippen molar-refractivity contribution in [1.29, 1.82) is 0 Å². The van der Waals surface area contributed by atoms with Crippen LogP contribution in [0.2, 0.25) is 5.02 Å². The van der Waals surface area contributed by atoms with E-state index in [1.165, 1.54) is 12.1 Å². The van der Waals surface area contributed by atoms with Crippen LogP contribution in [0.15, 0.2) is 48.5 Å². The van der Waals surface area contributed by atoms with Crippen molar-refractivity contribution in [3.63, 3.8) is 0 Å². The average Bonchev–Trinajstić information content (AvgIpc) is 2.45. The molecule has 104 valence electrons. The summed E-state index contributed by atoms with van der Waals surface area (Å²) in [4.78, 5) is 15.9. The molecule has 0 aliphatic heterocycles. The van der Waals surface area contributed by atoms with Gasteiger partial charge in [-0.2, -0.15) is 0 Å². The molecule has 0 bridgehead atoms. The fraction of sp³-hybridized carbons (Fsp3) is 0. The summed E-state index contributed by atoms with van der Waals surface area (Å²) < 4.78 is 0. The van der Waals surface area contributed by atoms with Crippen LogP contribution in [-0.4, -0.2) is 21.2 Å². The lowest BCUT2D eigenvalue weighted by Gasteiger charge is -2.08. The highest BCUT2D eigenvalue weighted by Crippen LogP contribution is 2.28. The van der Waals surface area contributed by atoms with Crippen molar-refractivity contribution < 1.29 is 15.0 Å². The number of hydrogen-bond acceptors (Lipinski definition) is 3. The largest absolute Gasteiger partial charge is 0.508 e. The molecule has 0 saturated carbocycles. The van der Waals surface area contributed by atoms with E-state index in [9.17, 15) is 15.0 Å². The first kappa shape index (κ1) is 13.4. The molecule has 0 fully saturated rings. The van der Waals surface area contributed by atoms with Crippen LogP contribution in [0.3, 0.4) is 0 Å². The van der Waals surface area contributed by atoms with E-state index >= 15 is 0 Å². The lowest BCUT2D eigenvalue weighted by molar-refractivity contribution is 0.0699. The topological polar surface area (TPSA) is 70.4 Å². The van der Waals surface area contributed by atoms with Gasteiger partial charge in [-0.3, -0.25) is 0 Å². The second-order valence-corrected chi connectivity index (χ2v) is 5.01. The number of phenols is 1. The zero-order valence-corrected chi connectivity index (χ0v) is 11.5. The molecule has 0 spiro atoms. The van der Waals surface area contributed by atoms with Gasteiger partial charge >= 0.3 is 5.97 Å². The van der Waals surface area contributed by atoms with Crippen molar-refractivity contribution in [2.75, 3.05) is 0 Å². The highest BCUT2D eigenvalue weighted by molar-refractivity contribution is 6.31. The first-order valence-electron chi connectivity index (χ1n) is 6.17. The number of fused-ring (bicyclic) bond motifs is 1. The van der Waals surface area contributed by atoms with E-state index in [0.717, 1.165) is 0 Å². The van der Waals surface area contributed by atoms with E-state index in [-0.39, 0.29) is 11.3 Å². The first-order valence-corrected chi connectivity index (χ1v) is 6.55. The van der Waals surface area contributed by atoms with E-state index in [0.29, 0.717) is 27.2 Å². The summed E-state index contributed by atoms with van der Waals surface area (Å²) in [5, 5.41) is 19.9. The molecule has 3 aromatic rings. The molecule has 0 amide bonds. The van der Waals surface area contributed by atoms with Gasteiger partial charge in [0.05, 0.1) is 16.8 Å². The summed E-state index contributed by atoms with van der Waals surface area (Å²) in [5.74, 6) is -0.941. The summed E-state index contributed by atoms with van der Waals surface area (Å²) in [5.41, 5.74) is 1.76. The molecule has 2 N–H and O–H groups in total. The molecular weight excluding hydrogens is 290 g/mol. The molecule has 21 heavy (non-hydrogen) atoms. The number of phenolic OH excluding ortho intramolecular Hbond substituents is 1. The molecule has 1 heterocycles. The summed E-state index contributed by atoms with van der Waals surface area (Å²) >= 11 is 5.95. The summed E-state index contributed by atoms with van der Waals surface area (Å²) in [7, 11) is 0. The number of carboxylic acids is 1. The van der Waals surface area contributed by atoms with Crippen molar-refractivity contribution >= 4 is 28.5 Å². The molecule has 1 aromatic heterocycles. The molecule has 0 radical (unpaired) electrons. The second kappa shape index (κ2) is 5.07. The highest BCUT2D eigenvalue weighted by Gasteiger charge is 2.13. The molecule has 5 heteroatoms. The monoisotopic (exact) mass is 299 g/mol. The maximum absolute atomic E-state index is 11.4. The van der Waals surface area contributed by atoms with Crippen molar-refractivity contribution in [2.45, 2.75) is 0 Å². The molecule has 4 nitrogen and oxygen atoms in total. The number of pyridine rings is 1. The Balaban J connectivity index is 2.32. The van der Waals surface area contributed by atoms with E-state index in [1.54, 1.807) is 36.4 Å². The van der Waals surface area contributed by atoms with Gasteiger partial charge < -0.3 is 10.2 Å². The Bertz CT molecular complexity index is 861. The highest BCUT2D eigenvalue weighted by atomic mass is 35.5. The van der Waals surface area contributed by atoms with Crippen LogP contribution >= 0.6 is 11.6 Å². The summed E-state index contributed by atoms with van der Waals surface area (Å²) in [6.07, 6.45) is 0. The Kier molecular flexibility index (Phi) is 3.23. The summed E-state index contributed by atoms with van der Waals surface area (Å²) in [6, 6.07) is 12.9. The van der Waals surface area contributed by atoms with Gasteiger partial charge in [-0.05, 0) is 30.3 Å². The molecule has 3 rings (SSSR count). The molecule has 0 atom stereocenters. The van der Waals surface area contributed by atoms with Crippen molar-refractivity contribution in [3.8, 4) is 17.0 Å². The Morgan fingerprint density at radius 3 is 2.62 bits per heavy atom. The summed E-state index contributed by atoms with van der Waals surface area (Å²) in [6.45, 7) is 0. The minimum absolute atomic E-state index is 0.0948. The Morgan fingerprint density at radius 2 is 1.90 bits per heavy atom. The number of benzene rings is 2. The third kappa shape index (κ3) is 2.53. The minimum atomic E-state index is -1.04. The standard InChI is InChI=1S/C16H10ClNO3/c17-10-4-5-12-13(16(20)21)8-14(18-15(12)7-10)9-2-1-3-11(19)6-9/h1-8,19H,(H,20,21). The van der Waals surface area contributed by atoms with Gasteiger partial charge in [0, 0.05) is 16.0 Å². The van der Waals surface area contributed by atoms with E-state index in [2.05, 4.69) is 4.98 Å². The fourth-order valence-electron chi connectivity index (χ4n) is 2.19. The molecule has 0 aliphatic rings. The predicted octanol–water partition coefficient (Wildman–Crippen LogP) is 3.96. The third-order valence-electron chi connectivity index (χ3n) is 3.14. The van der Waals surface area contributed by atoms with Crippen LogP contribution in [0.1, 0.15) is 10.4 Å². The van der Waals surface area contributed by atoms with Crippen molar-refractivity contribution in [1.82, 2.24) is 4.98 Å². The van der Waals surface area contributed by atoms with Gasteiger partial charge in [-0.1, -0.05) is 29.8 Å². The number of carbonyl (C=O) groups is 1. The number of halogens is 1. The number of aromatic carboxylic acids is 1. The quantitative estimate of drug-likeness (QED) is 0.751. The SMILES string of the molecule is O=C(O)c1cc(-c2cccc(O)c2)nc2cc(Cl)ccc12. The first-order chi connectivity index (χ1) is 10.0. The van der Waals surface area contributed by atoms with Crippen molar-refractivity contribution in [3.05, 3.63) is 59.1 Å². The van der Waals surface area contributed by atoms with Gasteiger partial charge in [0.25, 0.3) is 0 Å². The molecule has 2 aromatic carbocycles. The number of carboxylic acid groups (broad SMARTS) is 1. The average molecular weight is 300 g/mol. The minimum Gasteiger partial charge on any atom is -0.508 e. The van der Waals surface area contributed by atoms with Gasteiger partial charge in [0.15, 0.2) is 0 Å². The van der Waals surface area contributed by atoms with Crippen LogP contribution in [-0.2, 0) is 0 Å². The van der Waals surface area contributed by atoms with Gasteiger partial charge in [-0.25, -0.2) is 9.78 Å². The van der Waals surface area contributed by atoms with E-state index < -0.39 is 5.97 Å². The lowest BCUT2D eigenvalue weighted by atomic mass is 10.0. The molecule has 0 aliphatic carbocycles. The molecule has 0 unspecified atom stereocenters. The van der Waals surface area contributed by atoms with Crippen LogP contribution < -0.4 is 0 Å². The van der Waals surface area contributed by atoms with Crippen LogP contribution in [0, 0.1) is 0 Å². The zero-order chi connectivity index (χ0) is 15.0. The number of nitrogens with zero attached hydrogens (tertiary/aromatic N) is 1. The Labute approximate surface area is 125 Å². The van der Waals surface area contributed by atoms with Crippen molar-refractivity contribution in [2.24, 2.45) is 0 Å². The van der Waals surface area contributed by atoms with Gasteiger partial charge in [-0.15, -0.1) is 0 Å². The van der Waals surface area contributed by atoms with Crippen LogP contribution in [0.25, 0.3) is 22.2 Å². The lowest BCUT2D eigenvalue weighted by Crippen LogP contribution is -2.00. The van der Waals surface area contributed by atoms with Crippen LogP contribution in [0.4, 0.5) is 0 Å². The maximum atomic E-state index is 11.4. The Morgan fingerprint density at radius 1 is 1.10 bits per heavy atom. The van der Waals surface area contributed by atoms with E-state index in [1.807, 2.05) is 0 Å². The van der Waals surface area contributed by atoms with Gasteiger partial charge in [0.1, 0.15) is 5.75 Å². The van der Waals surface area contributed by atoms with E-state index in [4.69, 9.17) is 11.6 Å².